The number of methoxy groups -OCH3 is 1. The van der Waals surface area contributed by atoms with Crippen molar-refractivity contribution in [2.75, 3.05) is 49.6 Å². The van der Waals surface area contributed by atoms with Gasteiger partial charge in [0.2, 0.25) is 0 Å². The standard InChI is InChI=1S/C26H27N5O3S2.C2H4O2/c1-4-30-25(33)21(36-26(30)35)15-20-23(27-22-10-5-17(2)16-31(22)24(20)32)29-13-11-28(12-14-29)18-6-8-19(34-3)9-7-18;1-2(3)4/h5-10,15-16H,4,11-14H2,1-3H3;1H3,(H,3,4). The number of hydrogen-bond acceptors (Lipinski definition) is 9. The predicted octanol–water partition coefficient (Wildman–Crippen LogP) is 3.65. The Kier molecular flexibility index (Phi) is 9.10. The lowest BCUT2D eigenvalue weighted by molar-refractivity contribution is -0.134. The largest absolute Gasteiger partial charge is 0.497 e. The number of nitrogens with zero attached hydrogens (tertiary/aromatic N) is 5. The number of carboxylic acid groups (broad SMARTS) is 1. The smallest absolute Gasteiger partial charge is 0.300 e. The number of carbonyl (C=O) groups excluding carboxylic acids is 1. The SMILES string of the molecule is CC(=O)O.CCN1C(=O)C(=Cc2c(N3CCN(c4ccc(OC)cc4)CC3)nc3ccc(C)cn3c2=O)SC1=S. The summed E-state index contributed by atoms with van der Waals surface area (Å²) < 4.78 is 7.33. The van der Waals surface area contributed by atoms with E-state index in [4.69, 9.17) is 31.8 Å². The number of hydrogen-bond donors (Lipinski definition) is 1. The number of ether oxygens (including phenoxy) is 1. The molecule has 4 heterocycles. The maximum Gasteiger partial charge on any atom is 0.300 e. The molecular weight excluding hydrogens is 550 g/mol. The van der Waals surface area contributed by atoms with Crippen molar-refractivity contribution in [3.8, 4) is 5.75 Å². The molecule has 0 bridgehead atoms. The lowest BCUT2D eigenvalue weighted by atomic mass is 10.2. The maximum absolute atomic E-state index is 13.7. The van der Waals surface area contributed by atoms with E-state index in [-0.39, 0.29) is 11.5 Å². The summed E-state index contributed by atoms with van der Waals surface area (Å²) in [6.07, 6.45) is 3.45. The fraction of sp³-hybridized carbons (Fsp3) is 0.321. The molecule has 2 aliphatic heterocycles. The Labute approximate surface area is 241 Å². The van der Waals surface area contributed by atoms with Gasteiger partial charge >= 0.3 is 0 Å². The molecule has 1 aromatic carbocycles. The number of aromatic nitrogens is 2. The molecule has 3 aromatic rings. The van der Waals surface area contributed by atoms with Gasteiger partial charge in [0, 0.05) is 51.5 Å². The number of piperazine rings is 1. The number of likely N-dealkylation sites (N-methyl/N-ethyl adjacent to an activating group) is 1. The van der Waals surface area contributed by atoms with Crippen LogP contribution in [0, 0.1) is 6.92 Å². The Morgan fingerprint density at radius 2 is 1.73 bits per heavy atom. The molecule has 2 aliphatic rings. The summed E-state index contributed by atoms with van der Waals surface area (Å²) >= 11 is 6.61. The van der Waals surface area contributed by atoms with Gasteiger partial charge < -0.3 is 19.6 Å². The fourth-order valence-corrected chi connectivity index (χ4v) is 5.85. The van der Waals surface area contributed by atoms with Crippen molar-refractivity contribution in [1.29, 1.82) is 0 Å². The van der Waals surface area contributed by atoms with Crippen molar-refractivity contribution in [3.05, 3.63) is 69.0 Å². The topological polar surface area (TPSA) is 108 Å². The molecule has 40 heavy (non-hydrogen) atoms. The van der Waals surface area contributed by atoms with E-state index in [9.17, 15) is 9.59 Å². The van der Waals surface area contributed by atoms with E-state index in [0.717, 1.165) is 37.0 Å². The molecule has 2 saturated heterocycles. The molecule has 12 heteroatoms. The van der Waals surface area contributed by atoms with E-state index < -0.39 is 5.97 Å². The highest BCUT2D eigenvalue weighted by atomic mass is 32.2. The summed E-state index contributed by atoms with van der Waals surface area (Å²) in [5, 5.41) is 7.42. The van der Waals surface area contributed by atoms with Gasteiger partial charge in [-0.25, -0.2) is 4.98 Å². The summed E-state index contributed by atoms with van der Waals surface area (Å²) in [6.45, 7) is 8.34. The summed E-state index contributed by atoms with van der Waals surface area (Å²) in [4.78, 5) is 46.9. The average molecular weight is 582 g/mol. The Balaban J connectivity index is 0.000000867. The van der Waals surface area contributed by atoms with Crippen LogP contribution in [-0.2, 0) is 9.59 Å². The first-order valence-electron chi connectivity index (χ1n) is 12.7. The molecule has 210 valence electrons. The van der Waals surface area contributed by atoms with Crippen LogP contribution >= 0.6 is 24.0 Å². The number of fused-ring (bicyclic) bond motifs is 1. The van der Waals surface area contributed by atoms with Crippen LogP contribution in [0.25, 0.3) is 11.7 Å². The zero-order chi connectivity index (χ0) is 29.0. The van der Waals surface area contributed by atoms with Crippen LogP contribution in [0.15, 0.2) is 52.3 Å². The second-order valence-corrected chi connectivity index (χ2v) is 10.9. The Morgan fingerprint density at radius 1 is 1.10 bits per heavy atom. The van der Waals surface area contributed by atoms with Crippen molar-refractivity contribution in [2.45, 2.75) is 20.8 Å². The van der Waals surface area contributed by atoms with Gasteiger partial charge in [0.1, 0.15) is 21.5 Å². The molecule has 0 unspecified atom stereocenters. The second kappa shape index (κ2) is 12.5. The van der Waals surface area contributed by atoms with Crippen LogP contribution in [0.4, 0.5) is 11.5 Å². The van der Waals surface area contributed by atoms with Crippen molar-refractivity contribution in [1.82, 2.24) is 14.3 Å². The third-order valence-electron chi connectivity index (χ3n) is 6.47. The summed E-state index contributed by atoms with van der Waals surface area (Å²) in [5.41, 5.74) is 2.87. The minimum Gasteiger partial charge on any atom is -0.497 e. The molecule has 5 rings (SSSR count). The minimum atomic E-state index is -0.833. The summed E-state index contributed by atoms with van der Waals surface area (Å²) in [7, 11) is 1.66. The Hall–Kier alpha value is -3.90. The van der Waals surface area contributed by atoms with Gasteiger partial charge in [-0.1, -0.05) is 30.0 Å². The molecule has 0 radical (unpaired) electrons. The third-order valence-corrected chi connectivity index (χ3v) is 7.85. The van der Waals surface area contributed by atoms with E-state index in [2.05, 4.69) is 21.9 Å². The first-order valence-corrected chi connectivity index (χ1v) is 14.0. The van der Waals surface area contributed by atoms with Gasteiger partial charge in [0.15, 0.2) is 0 Å². The molecular formula is C28H31N5O5S2. The number of aryl methyl sites for hydroxylation is 1. The first-order chi connectivity index (χ1) is 19.1. The number of amides is 1. The number of aliphatic carboxylic acids is 1. The van der Waals surface area contributed by atoms with Crippen molar-refractivity contribution < 1.29 is 19.4 Å². The molecule has 0 spiro atoms. The predicted molar refractivity (Wildman–Crippen MR) is 162 cm³/mol. The third kappa shape index (κ3) is 6.28. The van der Waals surface area contributed by atoms with Crippen LogP contribution in [-0.4, -0.2) is 75.4 Å². The Morgan fingerprint density at radius 3 is 2.30 bits per heavy atom. The molecule has 2 aromatic heterocycles. The van der Waals surface area contributed by atoms with Gasteiger partial charge in [0.05, 0.1) is 17.6 Å². The lowest BCUT2D eigenvalue weighted by Crippen LogP contribution is -2.47. The number of carbonyl (C=O) groups is 2. The number of carboxylic acids is 1. The summed E-state index contributed by atoms with van der Waals surface area (Å²) in [5.74, 6) is 0.420. The van der Waals surface area contributed by atoms with Crippen molar-refractivity contribution >= 4 is 63.4 Å². The van der Waals surface area contributed by atoms with E-state index in [0.29, 0.717) is 45.9 Å². The normalized spacial score (nSPS) is 16.4. The Bertz CT molecular complexity index is 1520. The van der Waals surface area contributed by atoms with E-state index >= 15 is 0 Å². The monoisotopic (exact) mass is 581 g/mol. The van der Waals surface area contributed by atoms with Gasteiger partial charge in [-0.15, -0.1) is 0 Å². The average Bonchev–Trinajstić information content (AvgIpc) is 3.21. The first kappa shape index (κ1) is 29.1. The molecule has 2 fully saturated rings. The van der Waals surface area contributed by atoms with E-state index in [1.165, 1.54) is 11.8 Å². The lowest BCUT2D eigenvalue weighted by Gasteiger charge is -2.37. The van der Waals surface area contributed by atoms with Gasteiger partial charge in [-0.05, 0) is 55.8 Å². The number of pyridine rings is 1. The maximum atomic E-state index is 13.7. The molecule has 0 saturated carbocycles. The van der Waals surface area contributed by atoms with Crippen molar-refractivity contribution in [2.24, 2.45) is 0 Å². The number of rotatable bonds is 5. The summed E-state index contributed by atoms with van der Waals surface area (Å²) in [6, 6.07) is 11.8. The number of benzene rings is 1. The van der Waals surface area contributed by atoms with Gasteiger partial charge in [-0.2, -0.15) is 0 Å². The van der Waals surface area contributed by atoms with Crippen LogP contribution in [0.3, 0.4) is 0 Å². The van der Waals surface area contributed by atoms with Gasteiger partial charge in [-0.3, -0.25) is 23.7 Å². The van der Waals surface area contributed by atoms with Crippen LogP contribution in [0.5, 0.6) is 5.75 Å². The van der Waals surface area contributed by atoms with E-state index in [1.807, 2.05) is 38.1 Å². The highest BCUT2D eigenvalue weighted by Crippen LogP contribution is 2.33. The molecule has 10 nitrogen and oxygen atoms in total. The molecule has 1 N–H and O–H groups in total. The molecule has 0 atom stereocenters. The minimum absolute atomic E-state index is 0.170. The van der Waals surface area contributed by atoms with Crippen LogP contribution in [0.1, 0.15) is 25.0 Å². The highest BCUT2D eigenvalue weighted by molar-refractivity contribution is 8.26. The quantitative estimate of drug-likeness (QED) is 0.354. The fourth-order valence-electron chi connectivity index (χ4n) is 4.49. The van der Waals surface area contributed by atoms with Crippen LogP contribution in [0.2, 0.25) is 0 Å². The highest BCUT2D eigenvalue weighted by Gasteiger charge is 2.32. The molecule has 0 aliphatic carbocycles. The number of thioether (sulfide) groups is 1. The zero-order valence-corrected chi connectivity index (χ0v) is 24.4. The second-order valence-electron chi connectivity index (χ2n) is 9.21. The van der Waals surface area contributed by atoms with Gasteiger partial charge in [0.25, 0.3) is 17.4 Å². The number of anilines is 2. The van der Waals surface area contributed by atoms with Crippen LogP contribution < -0.4 is 20.1 Å². The van der Waals surface area contributed by atoms with Crippen molar-refractivity contribution in [3.63, 3.8) is 0 Å². The number of thiocarbonyl (C=S) groups is 1. The zero-order valence-electron chi connectivity index (χ0n) is 22.8. The van der Waals surface area contributed by atoms with E-state index in [1.54, 1.807) is 28.7 Å². The molecule has 1 amide bonds.